The minimum Gasteiger partial charge on any atom is -0.355 e. The third kappa shape index (κ3) is 5.65. The predicted molar refractivity (Wildman–Crippen MR) is 137 cm³/mol. The van der Waals surface area contributed by atoms with Crippen molar-refractivity contribution >= 4 is 33.8 Å². The summed E-state index contributed by atoms with van der Waals surface area (Å²) in [6.07, 6.45) is 4.08. The summed E-state index contributed by atoms with van der Waals surface area (Å²) in [4.78, 5) is 14.7. The van der Waals surface area contributed by atoms with Gasteiger partial charge in [0.05, 0.1) is 5.69 Å². The number of amides is 1. The number of carbonyl (C=O) groups is 1. The summed E-state index contributed by atoms with van der Waals surface area (Å²) >= 11 is 0. The van der Waals surface area contributed by atoms with E-state index in [9.17, 15) is 22.0 Å². The smallest absolute Gasteiger partial charge is 0.248 e. The highest BCUT2D eigenvalue weighted by molar-refractivity contribution is 7.89. The molecule has 10 heteroatoms. The molecule has 3 aromatic rings. The van der Waals surface area contributed by atoms with Crippen molar-refractivity contribution in [3.05, 3.63) is 77.2 Å². The summed E-state index contributed by atoms with van der Waals surface area (Å²) < 4.78 is 62.0. The van der Waals surface area contributed by atoms with E-state index in [1.165, 1.54) is 40.4 Å². The van der Waals surface area contributed by atoms with Gasteiger partial charge in [-0.05, 0) is 56.5 Å². The second-order valence-electron chi connectivity index (χ2n) is 8.94. The Morgan fingerprint density at radius 1 is 1.08 bits per heavy atom. The van der Waals surface area contributed by atoms with E-state index < -0.39 is 27.6 Å². The molecule has 0 bridgehead atoms. The summed E-state index contributed by atoms with van der Waals surface area (Å²) in [6, 6.07) is 12.3. The van der Waals surface area contributed by atoms with Crippen LogP contribution in [0, 0.1) is 24.5 Å². The topological polar surface area (TPSA) is 83.7 Å². The molecular formula is C27H29F2N3O4S. The number of aryl methyl sites for hydroxylation is 1. The van der Waals surface area contributed by atoms with Gasteiger partial charge >= 0.3 is 0 Å². The second-order valence-corrected chi connectivity index (χ2v) is 10.8. The van der Waals surface area contributed by atoms with Crippen LogP contribution in [0.3, 0.4) is 0 Å². The summed E-state index contributed by atoms with van der Waals surface area (Å²) in [6.45, 7) is 4.06. The van der Waals surface area contributed by atoms with Crippen molar-refractivity contribution in [2.24, 2.45) is 5.92 Å². The van der Waals surface area contributed by atoms with E-state index in [-0.39, 0.29) is 46.6 Å². The Labute approximate surface area is 215 Å². The van der Waals surface area contributed by atoms with Crippen LogP contribution in [0.25, 0.3) is 12.2 Å². The van der Waals surface area contributed by atoms with Crippen molar-refractivity contribution in [3.63, 3.8) is 0 Å². The molecule has 2 heterocycles. The normalized spacial score (nSPS) is 15.4. The van der Waals surface area contributed by atoms with Crippen molar-refractivity contribution in [1.82, 2.24) is 9.46 Å². The molecule has 4 rings (SSSR count). The van der Waals surface area contributed by atoms with Gasteiger partial charge < -0.3 is 9.42 Å². The Hall–Kier alpha value is -3.37. The molecule has 1 saturated heterocycles. The molecule has 0 radical (unpaired) electrons. The van der Waals surface area contributed by atoms with Crippen LogP contribution in [0.1, 0.15) is 43.2 Å². The first-order chi connectivity index (χ1) is 17.7. The molecule has 0 N–H and O–H groups in total. The monoisotopic (exact) mass is 529 g/mol. The molecule has 1 aliphatic rings. The highest BCUT2D eigenvalue weighted by Gasteiger charge is 2.37. The predicted octanol–water partition coefficient (Wildman–Crippen LogP) is 5.28. The van der Waals surface area contributed by atoms with Gasteiger partial charge in [-0.2, -0.15) is 4.31 Å². The lowest BCUT2D eigenvalue weighted by Gasteiger charge is -2.33. The van der Waals surface area contributed by atoms with Crippen LogP contribution in [0.2, 0.25) is 0 Å². The fourth-order valence-electron chi connectivity index (χ4n) is 4.51. The molecule has 2 aromatic carbocycles. The zero-order valence-corrected chi connectivity index (χ0v) is 21.5. The molecule has 7 nitrogen and oxygen atoms in total. The molecule has 196 valence electrons. The molecular weight excluding hydrogens is 500 g/mol. The van der Waals surface area contributed by atoms with Crippen molar-refractivity contribution in [3.8, 4) is 0 Å². The zero-order valence-electron chi connectivity index (χ0n) is 20.7. The number of halogens is 2. The number of nitrogens with zero attached hydrogens (tertiary/aromatic N) is 3. The van der Waals surface area contributed by atoms with Gasteiger partial charge in [0.15, 0.2) is 10.7 Å². The first-order valence-corrected chi connectivity index (χ1v) is 13.6. The molecule has 0 aliphatic carbocycles. The van der Waals surface area contributed by atoms with Gasteiger partial charge in [-0.1, -0.05) is 42.4 Å². The van der Waals surface area contributed by atoms with Crippen LogP contribution in [0.5, 0.6) is 0 Å². The van der Waals surface area contributed by atoms with Gasteiger partial charge in [-0.3, -0.25) is 4.79 Å². The number of para-hydroxylation sites is 1. The van der Waals surface area contributed by atoms with E-state index in [2.05, 4.69) is 5.16 Å². The molecule has 1 fully saturated rings. The maximum atomic E-state index is 14.4. The Balaban J connectivity index is 1.50. The average molecular weight is 530 g/mol. The number of anilines is 1. The maximum Gasteiger partial charge on any atom is 0.248 e. The number of piperidine rings is 1. The Kier molecular flexibility index (Phi) is 8.19. The summed E-state index contributed by atoms with van der Waals surface area (Å²) in [5.41, 5.74) is 0.710. The minimum absolute atomic E-state index is 0.00706. The van der Waals surface area contributed by atoms with Gasteiger partial charge in [0.1, 0.15) is 17.3 Å². The lowest BCUT2D eigenvalue weighted by molar-refractivity contribution is -0.123. The number of rotatable bonds is 8. The first-order valence-electron chi connectivity index (χ1n) is 12.2. The standard InChI is InChI=1S/C27H29F2N3O4S/c1-3-16-32(24-11-7-6-10-23(24)29)27(33)21-14-17-31(18-15-21)37(34,35)26-19(2)30-36-25(26)13-12-20-8-4-5-9-22(20)28/h4-13,21H,3,14-18H2,1-2H3. The number of hydrogen-bond donors (Lipinski definition) is 0. The number of carbonyl (C=O) groups excluding carboxylic acids is 1. The van der Waals surface area contributed by atoms with Crippen molar-refractivity contribution in [1.29, 1.82) is 0 Å². The van der Waals surface area contributed by atoms with E-state index in [0.29, 0.717) is 25.8 Å². The highest BCUT2D eigenvalue weighted by Crippen LogP contribution is 2.31. The average Bonchev–Trinajstić information content (AvgIpc) is 3.28. The van der Waals surface area contributed by atoms with Crippen LogP contribution < -0.4 is 4.90 Å². The van der Waals surface area contributed by atoms with E-state index in [4.69, 9.17) is 4.52 Å². The minimum atomic E-state index is -3.99. The van der Waals surface area contributed by atoms with Gasteiger partial charge in [-0.15, -0.1) is 0 Å². The van der Waals surface area contributed by atoms with Gasteiger partial charge in [0, 0.05) is 31.1 Å². The highest BCUT2D eigenvalue weighted by atomic mass is 32.2. The van der Waals surface area contributed by atoms with Crippen LogP contribution in [-0.4, -0.2) is 43.4 Å². The molecule has 0 saturated carbocycles. The largest absolute Gasteiger partial charge is 0.355 e. The third-order valence-electron chi connectivity index (χ3n) is 6.41. The lowest BCUT2D eigenvalue weighted by Crippen LogP contribution is -2.45. The number of aromatic nitrogens is 1. The molecule has 37 heavy (non-hydrogen) atoms. The van der Waals surface area contributed by atoms with Crippen LogP contribution in [-0.2, 0) is 14.8 Å². The third-order valence-corrected chi connectivity index (χ3v) is 8.47. The molecule has 1 aliphatic heterocycles. The SMILES string of the molecule is CCCN(C(=O)C1CCN(S(=O)(=O)c2c(C)noc2C=Cc2ccccc2F)CC1)c1ccccc1F. The summed E-state index contributed by atoms with van der Waals surface area (Å²) in [5.74, 6) is -1.55. The summed E-state index contributed by atoms with van der Waals surface area (Å²) in [5, 5.41) is 3.82. The van der Waals surface area contributed by atoms with E-state index in [1.807, 2.05) is 6.92 Å². The number of sulfonamides is 1. The van der Waals surface area contributed by atoms with Crippen LogP contribution in [0.4, 0.5) is 14.5 Å². The number of hydrogen-bond acceptors (Lipinski definition) is 5. The fraction of sp³-hybridized carbons (Fsp3) is 0.333. The Morgan fingerprint density at radius 2 is 1.73 bits per heavy atom. The molecule has 0 unspecified atom stereocenters. The second kappa shape index (κ2) is 11.4. The van der Waals surface area contributed by atoms with E-state index in [1.54, 1.807) is 36.4 Å². The molecule has 0 atom stereocenters. The maximum absolute atomic E-state index is 14.4. The fourth-order valence-corrected chi connectivity index (χ4v) is 6.23. The summed E-state index contributed by atoms with van der Waals surface area (Å²) in [7, 11) is -3.99. The van der Waals surface area contributed by atoms with Crippen molar-refractivity contribution in [2.75, 3.05) is 24.5 Å². The molecule has 0 spiro atoms. The van der Waals surface area contributed by atoms with Crippen molar-refractivity contribution < 1.29 is 26.5 Å². The number of benzene rings is 2. The van der Waals surface area contributed by atoms with Gasteiger partial charge in [0.2, 0.25) is 15.9 Å². The first kappa shape index (κ1) is 26.7. The van der Waals surface area contributed by atoms with E-state index in [0.717, 1.165) is 0 Å². The van der Waals surface area contributed by atoms with Gasteiger partial charge in [0.25, 0.3) is 0 Å². The zero-order chi connectivity index (χ0) is 26.6. The van der Waals surface area contributed by atoms with Crippen LogP contribution >= 0.6 is 0 Å². The quantitative estimate of drug-likeness (QED) is 0.397. The Morgan fingerprint density at radius 3 is 2.38 bits per heavy atom. The van der Waals surface area contributed by atoms with Crippen LogP contribution in [0.15, 0.2) is 57.9 Å². The van der Waals surface area contributed by atoms with Crippen molar-refractivity contribution in [2.45, 2.75) is 38.0 Å². The van der Waals surface area contributed by atoms with E-state index >= 15 is 0 Å². The lowest BCUT2D eigenvalue weighted by atomic mass is 9.96. The molecule has 1 aromatic heterocycles. The molecule has 1 amide bonds. The van der Waals surface area contributed by atoms with Gasteiger partial charge in [-0.25, -0.2) is 17.2 Å². The Bertz CT molecular complexity index is 1400.